The minimum atomic E-state index is -0.552. The molecular formula is C10H15N3O3. The van der Waals surface area contributed by atoms with Crippen LogP contribution in [0.5, 0.6) is 0 Å². The van der Waals surface area contributed by atoms with Gasteiger partial charge in [0.25, 0.3) is 5.91 Å². The van der Waals surface area contributed by atoms with Crippen molar-refractivity contribution < 1.29 is 14.3 Å². The van der Waals surface area contributed by atoms with Crippen molar-refractivity contribution in [2.75, 3.05) is 13.2 Å². The zero-order chi connectivity index (χ0) is 11.6. The highest BCUT2D eigenvalue weighted by atomic mass is 16.7. The molecule has 0 saturated carbocycles. The van der Waals surface area contributed by atoms with Crippen LogP contribution in [0.4, 0.5) is 0 Å². The van der Waals surface area contributed by atoms with E-state index in [4.69, 9.17) is 9.47 Å². The highest BCUT2D eigenvalue weighted by Crippen LogP contribution is 2.21. The van der Waals surface area contributed by atoms with Crippen LogP contribution >= 0.6 is 0 Å². The van der Waals surface area contributed by atoms with Gasteiger partial charge < -0.3 is 14.8 Å². The Hall–Kier alpha value is -1.40. The minimum Gasteiger partial charge on any atom is -0.348 e. The molecule has 6 heteroatoms. The molecule has 0 aliphatic carbocycles. The molecular weight excluding hydrogens is 210 g/mol. The van der Waals surface area contributed by atoms with Crippen LogP contribution in [0.15, 0.2) is 12.3 Å². The van der Waals surface area contributed by atoms with Gasteiger partial charge >= 0.3 is 0 Å². The van der Waals surface area contributed by atoms with Gasteiger partial charge in [-0.05, 0) is 19.9 Å². The van der Waals surface area contributed by atoms with E-state index in [1.165, 1.54) is 6.20 Å². The lowest BCUT2D eigenvalue weighted by atomic mass is 10.3. The first-order valence-corrected chi connectivity index (χ1v) is 5.16. The second-order valence-electron chi connectivity index (χ2n) is 4.13. The van der Waals surface area contributed by atoms with E-state index >= 15 is 0 Å². The molecule has 88 valence electrons. The Labute approximate surface area is 93.3 Å². The average molecular weight is 225 g/mol. The summed E-state index contributed by atoms with van der Waals surface area (Å²) in [6.45, 7) is 4.63. The largest absolute Gasteiger partial charge is 0.348 e. The van der Waals surface area contributed by atoms with Crippen LogP contribution in [0.25, 0.3) is 0 Å². The van der Waals surface area contributed by atoms with E-state index in [0.717, 1.165) is 0 Å². The molecule has 1 aromatic heterocycles. The van der Waals surface area contributed by atoms with Gasteiger partial charge in [-0.25, -0.2) is 0 Å². The maximum Gasteiger partial charge on any atom is 0.269 e. The summed E-state index contributed by atoms with van der Waals surface area (Å²) in [5, 5.41) is 9.05. The fraction of sp³-hybridized carbons (Fsp3) is 0.600. The summed E-state index contributed by atoms with van der Waals surface area (Å²) in [4.78, 5) is 11.5. The first kappa shape index (κ1) is 11.1. The third-order valence-electron chi connectivity index (χ3n) is 2.30. The second-order valence-corrected chi connectivity index (χ2v) is 4.13. The lowest BCUT2D eigenvalue weighted by molar-refractivity contribution is -0.137. The van der Waals surface area contributed by atoms with Gasteiger partial charge in [0.05, 0.1) is 6.61 Å². The highest BCUT2D eigenvalue weighted by Gasteiger charge is 2.32. The molecule has 1 amide bonds. The van der Waals surface area contributed by atoms with E-state index in [9.17, 15) is 4.79 Å². The third-order valence-corrected chi connectivity index (χ3v) is 2.30. The Kier molecular flexibility index (Phi) is 2.93. The van der Waals surface area contributed by atoms with Gasteiger partial charge in [-0.3, -0.25) is 9.89 Å². The Balaban J connectivity index is 1.79. The molecule has 2 heterocycles. The Morgan fingerprint density at radius 2 is 2.56 bits per heavy atom. The number of carbonyl (C=O) groups excluding carboxylic acids is 1. The van der Waals surface area contributed by atoms with Crippen LogP contribution in [0, 0.1) is 0 Å². The van der Waals surface area contributed by atoms with E-state index in [2.05, 4.69) is 15.5 Å². The Morgan fingerprint density at radius 1 is 1.75 bits per heavy atom. The van der Waals surface area contributed by atoms with Crippen molar-refractivity contribution >= 4 is 5.91 Å². The fourth-order valence-corrected chi connectivity index (χ4v) is 1.55. The monoisotopic (exact) mass is 225 g/mol. The topological polar surface area (TPSA) is 76.2 Å². The molecule has 0 spiro atoms. The van der Waals surface area contributed by atoms with Crippen molar-refractivity contribution in [1.82, 2.24) is 15.5 Å². The van der Waals surface area contributed by atoms with Crippen molar-refractivity contribution in [3.63, 3.8) is 0 Å². The van der Waals surface area contributed by atoms with Crippen LogP contribution in [0.1, 0.15) is 24.3 Å². The van der Waals surface area contributed by atoms with Gasteiger partial charge in [0.2, 0.25) is 0 Å². The van der Waals surface area contributed by atoms with Crippen LogP contribution in [-0.4, -0.2) is 41.1 Å². The lowest BCUT2D eigenvalue weighted by Gasteiger charge is -2.17. The normalized spacial score (nSPS) is 23.2. The third kappa shape index (κ3) is 2.59. The quantitative estimate of drug-likeness (QED) is 0.775. The molecule has 2 N–H and O–H groups in total. The predicted octanol–water partition coefficient (Wildman–Crippen LogP) is 0.291. The zero-order valence-electron chi connectivity index (χ0n) is 9.32. The number of rotatable bonds is 3. The number of hydrogen-bond donors (Lipinski definition) is 2. The van der Waals surface area contributed by atoms with Crippen molar-refractivity contribution in [3.8, 4) is 0 Å². The summed E-state index contributed by atoms with van der Waals surface area (Å²) in [6.07, 6.45) is 1.44. The molecule has 6 nitrogen and oxygen atoms in total. The molecule has 1 fully saturated rings. The molecule has 0 bridgehead atoms. The molecule has 1 atom stereocenters. The summed E-state index contributed by atoms with van der Waals surface area (Å²) >= 11 is 0. The molecule has 0 aromatic carbocycles. The molecule has 1 aromatic rings. The molecule has 1 unspecified atom stereocenters. The maximum absolute atomic E-state index is 11.5. The molecule has 1 saturated heterocycles. The molecule has 2 rings (SSSR count). The van der Waals surface area contributed by atoms with E-state index < -0.39 is 5.79 Å². The second kappa shape index (κ2) is 4.23. The van der Waals surface area contributed by atoms with Crippen LogP contribution < -0.4 is 5.32 Å². The number of nitrogens with zero attached hydrogens (tertiary/aromatic N) is 1. The highest BCUT2D eigenvalue weighted by molar-refractivity contribution is 5.92. The van der Waals surface area contributed by atoms with Crippen molar-refractivity contribution in [2.24, 2.45) is 0 Å². The minimum absolute atomic E-state index is 0.0955. The van der Waals surface area contributed by atoms with Crippen LogP contribution in [0.2, 0.25) is 0 Å². The van der Waals surface area contributed by atoms with Crippen molar-refractivity contribution in [2.45, 2.75) is 25.7 Å². The van der Waals surface area contributed by atoms with Gasteiger partial charge in [0.1, 0.15) is 11.8 Å². The van der Waals surface area contributed by atoms with Crippen molar-refractivity contribution in [1.29, 1.82) is 0 Å². The zero-order valence-corrected chi connectivity index (χ0v) is 9.32. The fourth-order valence-electron chi connectivity index (χ4n) is 1.55. The van der Waals surface area contributed by atoms with Gasteiger partial charge in [0, 0.05) is 12.7 Å². The Morgan fingerprint density at radius 3 is 3.12 bits per heavy atom. The smallest absolute Gasteiger partial charge is 0.269 e. The van der Waals surface area contributed by atoms with Crippen LogP contribution in [0.3, 0.4) is 0 Å². The van der Waals surface area contributed by atoms with E-state index in [1.807, 2.05) is 13.8 Å². The standard InChI is InChI=1S/C10H15N3O3/c1-10(2)15-6-7(16-10)5-11-9(14)8-3-4-12-13-8/h3-4,7H,5-6H2,1-2H3,(H,11,14)(H,12,13). The van der Waals surface area contributed by atoms with Crippen molar-refractivity contribution in [3.05, 3.63) is 18.0 Å². The van der Waals surface area contributed by atoms with Gasteiger partial charge in [-0.1, -0.05) is 0 Å². The molecule has 16 heavy (non-hydrogen) atoms. The number of amides is 1. The summed E-state index contributed by atoms with van der Waals surface area (Å²) in [5.41, 5.74) is 0.443. The first-order valence-electron chi connectivity index (χ1n) is 5.16. The van der Waals surface area contributed by atoms with Crippen LogP contribution in [-0.2, 0) is 9.47 Å². The number of carbonyl (C=O) groups is 1. The number of H-pyrrole nitrogens is 1. The number of aromatic amines is 1. The first-order chi connectivity index (χ1) is 7.57. The number of nitrogens with one attached hydrogen (secondary N) is 2. The lowest BCUT2D eigenvalue weighted by Crippen LogP contribution is -2.34. The Bertz CT molecular complexity index is 361. The number of hydrogen-bond acceptors (Lipinski definition) is 4. The summed E-state index contributed by atoms with van der Waals surface area (Å²) in [6, 6.07) is 1.62. The number of aromatic nitrogens is 2. The maximum atomic E-state index is 11.5. The molecule has 1 aliphatic rings. The molecule has 0 radical (unpaired) electrons. The number of ether oxygens (including phenoxy) is 2. The van der Waals surface area contributed by atoms with E-state index in [-0.39, 0.29) is 12.0 Å². The van der Waals surface area contributed by atoms with E-state index in [1.54, 1.807) is 6.07 Å². The van der Waals surface area contributed by atoms with E-state index in [0.29, 0.717) is 18.8 Å². The summed E-state index contributed by atoms with van der Waals surface area (Å²) < 4.78 is 10.9. The van der Waals surface area contributed by atoms with Gasteiger partial charge in [-0.15, -0.1) is 0 Å². The van der Waals surface area contributed by atoms with Gasteiger partial charge in [-0.2, -0.15) is 5.10 Å². The SMILES string of the molecule is CC1(C)OCC(CNC(=O)c2ccn[nH]2)O1. The molecule has 1 aliphatic heterocycles. The van der Waals surface area contributed by atoms with Gasteiger partial charge in [0.15, 0.2) is 5.79 Å². The average Bonchev–Trinajstić information content (AvgIpc) is 2.83. The summed E-state index contributed by atoms with van der Waals surface area (Å²) in [7, 11) is 0. The summed E-state index contributed by atoms with van der Waals surface area (Å²) in [5.74, 6) is -0.741. The predicted molar refractivity (Wildman–Crippen MR) is 55.8 cm³/mol.